The fourth-order valence-corrected chi connectivity index (χ4v) is 4.11. The molecule has 0 aromatic heterocycles. The van der Waals surface area contributed by atoms with Crippen LogP contribution < -0.4 is 15.1 Å². The molecule has 5 rings (SSSR count). The summed E-state index contributed by atoms with van der Waals surface area (Å²) in [6.07, 6.45) is 4.23. The zero-order valence-corrected chi connectivity index (χ0v) is 19.4. The highest BCUT2D eigenvalue weighted by Crippen LogP contribution is 2.34. The molecule has 1 aliphatic rings. The number of hydrogen-bond donors (Lipinski definition) is 0. The fraction of sp³-hybridized carbons (Fsp3) is 0.133. The van der Waals surface area contributed by atoms with Gasteiger partial charge in [-0.1, -0.05) is 93.6 Å². The Kier molecular flexibility index (Phi) is 5.39. The van der Waals surface area contributed by atoms with E-state index in [9.17, 15) is 0 Å². The monoisotopic (exact) mass is 431 g/mol. The van der Waals surface area contributed by atoms with Crippen LogP contribution in [-0.4, -0.2) is 0 Å². The summed E-state index contributed by atoms with van der Waals surface area (Å²) in [5.41, 5.74) is 7.20. The van der Waals surface area contributed by atoms with Crippen LogP contribution in [0.5, 0.6) is 0 Å². The van der Waals surface area contributed by atoms with Crippen LogP contribution in [0.4, 0.5) is 17.1 Å². The van der Waals surface area contributed by atoms with E-state index in [0.717, 1.165) is 17.1 Å². The van der Waals surface area contributed by atoms with E-state index < -0.39 is 0 Å². The van der Waals surface area contributed by atoms with Crippen LogP contribution in [0.2, 0.25) is 0 Å². The molecular weight excluding hydrogens is 402 g/mol. The van der Waals surface area contributed by atoms with Gasteiger partial charge in [0.15, 0.2) is 0 Å². The average molecular weight is 432 g/mol. The highest BCUT2D eigenvalue weighted by molar-refractivity contribution is 5.73. The largest absolute Gasteiger partial charge is 0.240 e. The second kappa shape index (κ2) is 8.51. The van der Waals surface area contributed by atoms with Gasteiger partial charge in [0.05, 0.1) is 17.1 Å². The molecule has 0 bridgehead atoms. The topological polar surface area (TPSA) is 9.72 Å². The number of para-hydroxylation sites is 1. The lowest BCUT2D eigenvalue weighted by molar-refractivity contribution is 0.590. The summed E-state index contributed by atoms with van der Waals surface area (Å²) in [7, 11) is 0. The molecular formula is C30H29N3. The predicted octanol–water partition coefficient (Wildman–Crippen LogP) is 7.79. The van der Waals surface area contributed by atoms with Crippen LogP contribution in [0.25, 0.3) is 11.1 Å². The van der Waals surface area contributed by atoms with Gasteiger partial charge in [0.2, 0.25) is 0 Å². The fourth-order valence-electron chi connectivity index (χ4n) is 4.11. The molecule has 4 aromatic rings. The third-order valence-corrected chi connectivity index (χ3v) is 5.98. The van der Waals surface area contributed by atoms with E-state index >= 15 is 0 Å². The number of anilines is 3. The summed E-state index contributed by atoms with van der Waals surface area (Å²) in [4.78, 5) is 0. The van der Waals surface area contributed by atoms with E-state index in [1.807, 2.05) is 6.07 Å². The molecule has 0 atom stereocenters. The minimum atomic E-state index is 0.130. The van der Waals surface area contributed by atoms with Crippen LogP contribution in [0.15, 0.2) is 122 Å². The second-order valence-electron chi connectivity index (χ2n) is 9.32. The van der Waals surface area contributed by atoms with Crippen LogP contribution in [0, 0.1) is 0 Å². The first-order valence-corrected chi connectivity index (χ1v) is 11.4. The number of benzene rings is 4. The van der Waals surface area contributed by atoms with Gasteiger partial charge in [0.1, 0.15) is 0 Å². The normalized spacial score (nSPS) is 13.6. The van der Waals surface area contributed by atoms with E-state index in [2.05, 4.69) is 151 Å². The van der Waals surface area contributed by atoms with Crippen LogP contribution in [0.3, 0.4) is 0 Å². The Labute approximate surface area is 196 Å². The summed E-state index contributed by atoms with van der Waals surface area (Å²) >= 11 is 0. The maximum Gasteiger partial charge on any atom is 0.0824 e. The van der Waals surface area contributed by atoms with Crippen molar-refractivity contribution in [1.29, 1.82) is 0 Å². The highest BCUT2D eigenvalue weighted by Gasteiger charge is 2.27. The van der Waals surface area contributed by atoms with E-state index in [-0.39, 0.29) is 5.41 Å². The van der Waals surface area contributed by atoms with Gasteiger partial charge >= 0.3 is 0 Å². The first-order valence-electron chi connectivity index (χ1n) is 11.4. The molecule has 0 radical (unpaired) electrons. The highest BCUT2D eigenvalue weighted by atomic mass is 15.9. The molecule has 0 fully saturated rings. The minimum absolute atomic E-state index is 0.130. The summed E-state index contributed by atoms with van der Waals surface area (Å²) in [6.45, 7) is 6.73. The SMILES string of the molecule is CC(C)(C)c1ccc(N2C=CN(c3ccc(-c4ccccc4)cc3)N2c2ccccc2)cc1. The Hall–Kier alpha value is -3.98. The van der Waals surface area contributed by atoms with Gasteiger partial charge in [-0.2, -0.15) is 5.12 Å². The van der Waals surface area contributed by atoms with Gasteiger partial charge in [-0.15, -0.1) is 0 Å². The first kappa shape index (κ1) is 20.9. The van der Waals surface area contributed by atoms with Gasteiger partial charge < -0.3 is 0 Å². The molecule has 3 heteroatoms. The summed E-state index contributed by atoms with van der Waals surface area (Å²) < 4.78 is 0. The van der Waals surface area contributed by atoms with Gasteiger partial charge in [-0.3, -0.25) is 0 Å². The van der Waals surface area contributed by atoms with Crippen molar-refractivity contribution < 1.29 is 0 Å². The number of hydrogen-bond acceptors (Lipinski definition) is 3. The Bertz CT molecular complexity index is 1220. The molecule has 0 amide bonds. The molecule has 0 saturated heterocycles. The molecule has 164 valence electrons. The zero-order chi connectivity index (χ0) is 22.8. The van der Waals surface area contributed by atoms with Crippen molar-refractivity contribution in [3.05, 3.63) is 127 Å². The van der Waals surface area contributed by atoms with Gasteiger partial charge in [-0.25, -0.2) is 10.0 Å². The molecule has 4 aromatic carbocycles. The van der Waals surface area contributed by atoms with Crippen molar-refractivity contribution in [2.45, 2.75) is 26.2 Å². The second-order valence-corrected chi connectivity index (χ2v) is 9.32. The number of hydrazine groups is 2. The average Bonchev–Trinajstić information content (AvgIpc) is 3.30. The summed E-state index contributed by atoms with van der Waals surface area (Å²) in [5, 5.41) is 6.57. The lowest BCUT2D eigenvalue weighted by atomic mass is 9.87. The molecule has 33 heavy (non-hydrogen) atoms. The number of nitrogens with zero attached hydrogens (tertiary/aromatic N) is 3. The van der Waals surface area contributed by atoms with Crippen molar-refractivity contribution >= 4 is 17.1 Å². The van der Waals surface area contributed by atoms with Crippen molar-refractivity contribution in [2.75, 3.05) is 15.1 Å². The van der Waals surface area contributed by atoms with Gasteiger partial charge in [0.25, 0.3) is 0 Å². The lowest BCUT2D eigenvalue weighted by Gasteiger charge is -2.37. The quantitative estimate of drug-likeness (QED) is 0.326. The molecule has 0 saturated carbocycles. The predicted molar refractivity (Wildman–Crippen MR) is 140 cm³/mol. The number of rotatable bonds is 4. The van der Waals surface area contributed by atoms with Crippen molar-refractivity contribution in [2.24, 2.45) is 0 Å². The standard InChI is InChI=1S/C30H29N3/c1-30(2,3)26-16-20-28(21-17-26)32-23-22-31(33(32)29-12-8-5-9-13-29)27-18-14-25(15-19-27)24-10-6-4-7-11-24/h4-23H,1-3H3. The molecule has 0 unspecified atom stereocenters. The van der Waals surface area contributed by atoms with Crippen molar-refractivity contribution in [1.82, 2.24) is 0 Å². The maximum absolute atomic E-state index is 2.24. The maximum atomic E-state index is 2.24. The Morgan fingerprint density at radius 3 is 1.42 bits per heavy atom. The Morgan fingerprint density at radius 1 is 0.455 bits per heavy atom. The van der Waals surface area contributed by atoms with E-state index in [0.29, 0.717) is 0 Å². The summed E-state index contributed by atoms with van der Waals surface area (Å²) in [6, 6.07) is 38.5. The van der Waals surface area contributed by atoms with E-state index in [1.165, 1.54) is 16.7 Å². The molecule has 3 nitrogen and oxygen atoms in total. The molecule has 0 N–H and O–H groups in total. The third kappa shape index (κ3) is 4.22. The molecule has 0 spiro atoms. The summed E-state index contributed by atoms with van der Waals surface area (Å²) in [5.74, 6) is 0. The molecule has 1 heterocycles. The lowest BCUT2D eigenvalue weighted by Crippen LogP contribution is -2.45. The molecule has 0 aliphatic carbocycles. The smallest absolute Gasteiger partial charge is 0.0824 e. The molecule has 1 aliphatic heterocycles. The van der Waals surface area contributed by atoms with Crippen LogP contribution in [-0.2, 0) is 5.41 Å². The van der Waals surface area contributed by atoms with E-state index in [4.69, 9.17) is 0 Å². The zero-order valence-electron chi connectivity index (χ0n) is 19.4. The van der Waals surface area contributed by atoms with Gasteiger partial charge in [-0.05, 0) is 58.5 Å². The van der Waals surface area contributed by atoms with Crippen LogP contribution >= 0.6 is 0 Å². The van der Waals surface area contributed by atoms with E-state index in [1.54, 1.807) is 0 Å². The minimum Gasteiger partial charge on any atom is -0.240 e. The Morgan fingerprint density at radius 2 is 0.909 bits per heavy atom. The van der Waals surface area contributed by atoms with Gasteiger partial charge in [0, 0.05) is 12.4 Å². The van der Waals surface area contributed by atoms with Crippen LogP contribution in [0.1, 0.15) is 26.3 Å². The van der Waals surface area contributed by atoms with Crippen molar-refractivity contribution in [3.63, 3.8) is 0 Å². The first-order chi connectivity index (χ1) is 16.0. The van der Waals surface area contributed by atoms with Crippen molar-refractivity contribution in [3.8, 4) is 11.1 Å². The third-order valence-electron chi connectivity index (χ3n) is 5.98. The Balaban J connectivity index is 1.49.